The van der Waals surface area contributed by atoms with Crippen molar-refractivity contribution in [3.63, 3.8) is 0 Å². The van der Waals surface area contributed by atoms with Gasteiger partial charge in [-0.25, -0.2) is 9.59 Å². The second-order valence-corrected chi connectivity index (χ2v) is 3.87. The number of phenols is 2. The van der Waals surface area contributed by atoms with E-state index in [-0.39, 0.29) is 5.56 Å². The largest absolute Gasteiger partial charge is 0.504 e. The Bertz CT molecular complexity index is 492. The monoisotopic (exact) mass is 254 g/mol. The van der Waals surface area contributed by atoms with Gasteiger partial charge in [-0.15, -0.1) is 0 Å². The lowest BCUT2D eigenvalue weighted by Crippen LogP contribution is -2.07. The SMILES string of the molecule is CCCCc1cc(C(=O)O)c(O)c(O)c1C(=O)O. The summed E-state index contributed by atoms with van der Waals surface area (Å²) in [6.07, 6.45) is 1.78. The third kappa shape index (κ3) is 2.53. The molecule has 0 aliphatic heterocycles. The van der Waals surface area contributed by atoms with Crippen LogP contribution in [0.5, 0.6) is 11.5 Å². The lowest BCUT2D eigenvalue weighted by atomic mass is 9.97. The molecule has 0 radical (unpaired) electrons. The van der Waals surface area contributed by atoms with Crippen LogP contribution in [0.15, 0.2) is 6.07 Å². The van der Waals surface area contributed by atoms with E-state index in [0.717, 1.165) is 12.5 Å². The van der Waals surface area contributed by atoms with Gasteiger partial charge in [-0.2, -0.15) is 0 Å². The molecule has 1 aromatic rings. The molecule has 1 rings (SSSR count). The molecule has 18 heavy (non-hydrogen) atoms. The van der Waals surface area contributed by atoms with Crippen LogP contribution in [0.4, 0.5) is 0 Å². The maximum atomic E-state index is 11.0. The number of carboxylic acid groups (broad SMARTS) is 2. The van der Waals surface area contributed by atoms with Crippen LogP contribution < -0.4 is 0 Å². The molecule has 0 spiro atoms. The number of hydrogen-bond acceptors (Lipinski definition) is 4. The summed E-state index contributed by atoms with van der Waals surface area (Å²) in [6.45, 7) is 1.90. The van der Waals surface area contributed by atoms with Gasteiger partial charge in [0.1, 0.15) is 11.1 Å². The van der Waals surface area contributed by atoms with Crippen LogP contribution in [0.1, 0.15) is 46.0 Å². The molecule has 4 N–H and O–H groups in total. The smallest absolute Gasteiger partial charge is 0.339 e. The zero-order valence-corrected chi connectivity index (χ0v) is 9.80. The molecule has 0 unspecified atom stereocenters. The molecule has 0 amide bonds. The van der Waals surface area contributed by atoms with E-state index in [1.807, 2.05) is 6.92 Å². The van der Waals surface area contributed by atoms with Gasteiger partial charge in [0.25, 0.3) is 0 Å². The molecule has 0 atom stereocenters. The number of aromatic carboxylic acids is 2. The lowest BCUT2D eigenvalue weighted by molar-refractivity contribution is 0.0673. The van der Waals surface area contributed by atoms with E-state index < -0.39 is 34.6 Å². The molecule has 0 saturated carbocycles. The Labute approximate surface area is 103 Å². The molecule has 6 nitrogen and oxygen atoms in total. The molecular weight excluding hydrogens is 240 g/mol. The number of carboxylic acids is 2. The molecule has 98 valence electrons. The summed E-state index contributed by atoms with van der Waals surface area (Å²) in [7, 11) is 0. The summed E-state index contributed by atoms with van der Waals surface area (Å²) in [5, 5.41) is 36.9. The predicted octanol–water partition coefficient (Wildman–Crippen LogP) is 1.84. The Morgan fingerprint density at radius 3 is 2.17 bits per heavy atom. The first-order chi connectivity index (χ1) is 8.40. The number of benzene rings is 1. The van der Waals surface area contributed by atoms with Crippen molar-refractivity contribution >= 4 is 11.9 Å². The number of unbranched alkanes of at least 4 members (excludes halogenated alkanes) is 1. The Hall–Kier alpha value is -2.24. The summed E-state index contributed by atoms with van der Waals surface area (Å²) < 4.78 is 0. The van der Waals surface area contributed by atoms with Crippen molar-refractivity contribution in [2.24, 2.45) is 0 Å². The third-order valence-corrected chi connectivity index (χ3v) is 2.60. The number of hydrogen-bond donors (Lipinski definition) is 4. The molecule has 0 aromatic heterocycles. The standard InChI is InChI=1S/C12H14O6/c1-2-3-4-6-5-7(11(15)16)9(13)10(14)8(6)12(17)18/h5,13-14H,2-4H2,1H3,(H,15,16)(H,17,18). The zero-order chi connectivity index (χ0) is 13.9. The summed E-state index contributed by atoms with van der Waals surface area (Å²) in [6, 6.07) is 1.09. The molecule has 1 aromatic carbocycles. The predicted molar refractivity (Wildman–Crippen MR) is 62.3 cm³/mol. The van der Waals surface area contributed by atoms with Crippen LogP contribution in [0.2, 0.25) is 0 Å². The maximum Gasteiger partial charge on any atom is 0.339 e. The van der Waals surface area contributed by atoms with Crippen LogP contribution in [-0.2, 0) is 6.42 Å². The average Bonchev–Trinajstić information content (AvgIpc) is 2.29. The van der Waals surface area contributed by atoms with Gasteiger partial charge >= 0.3 is 11.9 Å². The van der Waals surface area contributed by atoms with E-state index in [2.05, 4.69) is 0 Å². The van der Waals surface area contributed by atoms with E-state index in [4.69, 9.17) is 10.2 Å². The molecule has 0 fully saturated rings. The minimum Gasteiger partial charge on any atom is -0.504 e. The molecule has 0 saturated heterocycles. The van der Waals surface area contributed by atoms with Crippen molar-refractivity contribution in [1.29, 1.82) is 0 Å². The minimum absolute atomic E-state index is 0.206. The van der Waals surface area contributed by atoms with Gasteiger partial charge in [-0.3, -0.25) is 0 Å². The van der Waals surface area contributed by atoms with Crippen molar-refractivity contribution in [1.82, 2.24) is 0 Å². The van der Waals surface area contributed by atoms with Gasteiger partial charge < -0.3 is 20.4 Å². The minimum atomic E-state index is -1.42. The number of carbonyl (C=O) groups is 2. The summed E-state index contributed by atoms with van der Waals surface area (Å²) in [5.74, 6) is -4.63. The Morgan fingerprint density at radius 1 is 1.11 bits per heavy atom. The van der Waals surface area contributed by atoms with Gasteiger partial charge in [0.05, 0.1) is 0 Å². The van der Waals surface area contributed by atoms with Gasteiger partial charge in [-0.1, -0.05) is 13.3 Å². The average molecular weight is 254 g/mol. The second-order valence-electron chi connectivity index (χ2n) is 3.87. The van der Waals surface area contributed by atoms with Crippen LogP contribution in [0.3, 0.4) is 0 Å². The topological polar surface area (TPSA) is 115 Å². The lowest BCUT2D eigenvalue weighted by Gasteiger charge is -2.11. The normalized spacial score (nSPS) is 10.3. The zero-order valence-electron chi connectivity index (χ0n) is 9.80. The fourth-order valence-corrected chi connectivity index (χ4v) is 1.68. The fourth-order valence-electron chi connectivity index (χ4n) is 1.68. The Morgan fingerprint density at radius 2 is 1.72 bits per heavy atom. The first-order valence-electron chi connectivity index (χ1n) is 5.44. The number of aryl methyl sites for hydroxylation is 1. The van der Waals surface area contributed by atoms with E-state index in [9.17, 15) is 19.8 Å². The molecule has 0 aliphatic carbocycles. The van der Waals surface area contributed by atoms with Gasteiger partial charge in [-0.05, 0) is 24.5 Å². The number of rotatable bonds is 5. The Balaban J connectivity index is 3.45. The van der Waals surface area contributed by atoms with Gasteiger partial charge in [0.15, 0.2) is 11.5 Å². The third-order valence-electron chi connectivity index (χ3n) is 2.60. The van der Waals surface area contributed by atoms with E-state index in [1.54, 1.807) is 0 Å². The highest BCUT2D eigenvalue weighted by Crippen LogP contribution is 2.36. The highest BCUT2D eigenvalue weighted by Gasteiger charge is 2.24. The number of aromatic hydroxyl groups is 2. The van der Waals surface area contributed by atoms with Gasteiger partial charge in [0.2, 0.25) is 0 Å². The van der Waals surface area contributed by atoms with Gasteiger partial charge in [0, 0.05) is 0 Å². The van der Waals surface area contributed by atoms with Crippen LogP contribution >= 0.6 is 0 Å². The van der Waals surface area contributed by atoms with Crippen molar-refractivity contribution in [2.45, 2.75) is 26.2 Å². The summed E-state index contributed by atoms with van der Waals surface area (Å²) in [4.78, 5) is 21.9. The molecule has 0 aliphatic rings. The van der Waals surface area contributed by atoms with E-state index in [1.165, 1.54) is 0 Å². The fraction of sp³-hybridized carbons (Fsp3) is 0.333. The molecule has 0 bridgehead atoms. The van der Waals surface area contributed by atoms with Crippen molar-refractivity contribution < 1.29 is 30.0 Å². The molecule has 6 heteroatoms. The quantitative estimate of drug-likeness (QED) is 0.596. The highest BCUT2D eigenvalue weighted by molar-refractivity contribution is 5.99. The summed E-state index contributed by atoms with van der Waals surface area (Å²) in [5.41, 5.74) is -0.730. The van der Waals surface area contributed by atoms with E-state index in [0.29, 0.717) is 12.8 Å². The van der Waals surface area contributed by atoms with Crippen LogP contribution in [-0.4, -0.2) is 32.4 Å². The second kappa shape index (κ2) is 5.39. The maximum absolute atomic E-state index is 11.0. The van der Waals surface area contributed by atoms with E-state index >= 15 is 0 Å². The molecular formula is C12H14O6. The molecule has 0 heterocycles. The summed E-state index contributed by atoms with van der Waals surface area (Å²) >= 11 is 0. The van der Waals surface area contributed by atoms with Crippen molar-refractivity contribution in [2.75, 3.05) is 0 Å². The highest BCUT2D eigenvalue weighted by atomic mass is 16.4. The first kappa shape index (κ1) is 13.8. The van der Waals surface area contributed by atoms with Crippen LogP contribution in [0.25, 0.3) is 0 Å². The first-order valence-corrected chi connectivity index (χ1v) is 5.44. The Kier molecular flexibility index (Phi) is 4.14. The van der Waals surface area contributed by atoms with Crippen molar-refractivity contribution in [3.05, 3.63) is 22.8 Å². The van der Waals surface area contributed by atoms with Crippen LogP contribution in [0, 0.1) is 0 Å². The van der Waals surface area contributed by atoms with Crippen molar-refractivity contribution in [3.8, 4) is 11.5 Å².